The van der Waals surface area contributed by atoms with Crippen molar-refractivity contribution in [1.82, 2.24) is 0 Å². The van der Waals surface area contributed by atoms with E-state index in [1.807, 2.05) is 0 Å². The molecule has 0 saturated heterocycles. The molecule has 0 nitrogen and oxygen atoms in total. The van der Waals surface area contributed by atoms with E-state index < -0.39 is 15.8 Å². The standard InChI is InChI=1S/C32H28P2/c1-5-13-24(14-6-1)33(25-15-7-2-8-16-25)30-28-21-22-32(28)23-29(32)31(30)34(26-17-9-3-10-18-26)27-19-11-4-12-20-27/h1-22,28-31H,23H2/t28-,29?,30+,31?,32-/m1/s1. The summed E-state index contributed by atoms with van der Waals surface area (Å²) in [5.74, 6) is 1.53. The third kappa shape index (κ3) is 3.20. The normalized spacial score (nSPS) is 28.4. The molecule has 0 heterocycles. The first-order valence-electron chi connectivity index (χ1n) is 12.3. The highest BCUT2D eigenvalue weighted by atomic mass is 31.1. The summed E-state index contributed by atoms with van der Waals surface area (Å²) in [6.07, 6.45) is 6.55. The van der Waals surface area contributed by atoms with E-state index in [1.165, 1.54) is 27.6 Å². The van der Waals surface area contributed by atoms with Crippen LogP contribution < -0.4 is 21.2 Å². The zero-order valence-corrected chi connectivity index (χ0v) is 20.9. The zero-order chi connectivity index (χ0) is 22.5. The molecule has 166 valence electrons. The Kier molecular flexibility index (Phi) is 5.08. The summed E-state index contributed by atoms with van der Waals surface area (Å²) in [5.41, 5.74) is 1.85. The largest absolute Gasteiger partial charge is 0.0833 e. The highest BCUT2D eigenvalue weighted by Crippen LogP contribution is 2.81. The average molecular weight is 475 g/mol. The van der Waals surface area contributed by atoms with Crippen molar-refractivity contribution >= 4 is 37.1 Å². The number of benzene rings is 4. The van der Waals surface area contributed by atoms with Crippen LogP contribution in [0.15, 0.2) is 133 Å². The van der Waals surface area contributed by atoms with Crippen molar-refractivity contribution in [3.05, 3.63) is 133 Å². The van der Waals surface area contributed by atoms with E-state index >= 15 is 0 Å². The Morgan fingerprint density at radius 2 is 0.882 bits per heavy atom. The molecule has 0 aliphatic heterocycles. The SMILES string of the molecule is C1=C[C@]23CC2C(P(c2ccccc2)c2ccccc2)[C@@H](P(c2ccccc2)c2ccccc2)[C@@H]13. The molecular formula is C32H28P2. The molecular weight excluding hydrogens is 446 g/mol. The second-order valence-electron chi connectivity index (χ2n) is 9.87. The Bertz CT molecular complexity index is 1220. The molecule has 2 fully saturated rings. The lowest BCUT2D eigenvalue weighted by molar-refractivity contribution is 0.437. The van der Waals surface area contributed by atoms with Crippen LogP contribution >= 0.6 is 15.8 Å². The van der Waals surface area contributed by atoms with Gasteiger partial charge in [-0.05, 0) is 66.4 Å². The maximum atomic E-state index is 2.59. The van der Waals surface area contributed by atoms with Crippen molar-refractivity contribution in [2.45, 2.75) is 17.7 Å². The van der Waals surface area contributed by atoms with Gasteiger partial charge in [-0.25, -0.2) is 0 Å². The molecule has 2 heteroatoms. The van der Waals surface area contributed by atoms with Crippen LogP contribution in [0.1, 0.15) is 6.42 Å². The summed E-state index contributed by atoms with van der Waals surface area (Å²) in [5, 5.41) is 6.15. The van der Waals surface area contributed by atoms with E-state index in [0.717, 1.165) is 5.92 Å². The van der Waals surface area contributed by atoms with Crippen LogP contribution in [0.2, 0.25) is 0 Å². The quantitative estimate of drug-likeness (QED) is 0.231. The summed E-state index contributed by atoms with van der Waals surface area (Å²) in [6.45, 7) is 0. The molecule has 1 spiro atoms. The number of allylic oxidation sites excluding steroid dienone is 2. The average Bonchev–Trinajstić information content (AvgIpc) is 3.63. The molecule has 0 N–H and O–H groups in total. The van der Waals surface area contributed by atoms with E-state index in [4.69, 9.17) is 0 Å². The van der Waals surface area contributed by atoms with Gasteiger partial charge in [0.15, 0.2) is 0 Å². The Balaban J connectivity index is 1.42. The third-order valence-corrected chi connectivity index (χ3v) is 14.4. The molecule has 2 unspecified atom stereocenters. The van der Waals surface area contributed by atoms with Gasteiger partial charge in [-0.1, -0.05) is 133 Å². The summed E-state index contributed by atoms with van der Waals surface area (Å²) in [7, 11) is -0.900. The maximum absolute atomic E-state index is 2.59. The molecule has 4 aromatic carbocycles. The van der Waals surface area contributed by atoms with Crippen molar-refractivity contribution in [2.75, 3.05) is 0 Å². The van der Waals surface area contributed by atoms with Gasteiger partial charge in [0.1, 0.15) is 0 Å². The molecule has 0 radical (unpaired) electrons. The molecule has 7 rings (SSSR count). The Hall–Kier alpha value is -2.52. The maximum Gasteiger partial charge on any atom is 0.00192 e. The van der Waals surface area contributed by atoms with Crippen LogP contribution in [-0.2, 0) is 0 Å². The fourth-order valence-corrected chi connectivity index (χ4v) is 13.9. The van der Waals surface area contributed by atoms with Crippen LogP contribution in [0, 0.1) is 17.3 Å². The van der Waals surface area contributed by atoms with E-state index in [1.54, 1.807) is 0 Å². The smallest absolute Gasteiger partial charge is 0.00192 e. The van der Waals surface area contributed by atoms with Gasteiger partial charge in [0.05, 0.1) is 0 Å². The number of rotatable bonds is 6. The van der Waals surface area contributed by atoms with E-state index in [-0.39, 0.29) is 0 Å². The molecule has 0 aromatic heterocycles. The lowest BCUT2D eigenvalue weighted by atomic mass is 9.80. The Morgan fingerprint density at radius 3 is 1.24 bits per heavy atom. The fourth-order valence-electron chi connectivity index (χ4n) is 6.66. The van der Waals surface area contributed by atoms with E-state index in [2.05, 4.69) is 133 Å². The van der Waals surface area contributed by atoms with Gasteiger partial charge >= 0.3 is 0 Å². The van der Waals surface area contributed by atoms with Gasteiger partial charge in [-0.2, -0.15) is 0 Å². The van der Waals surface area contributed by atoms with Gasteiger partial charge in [-0.3, -0.25) is 0 Å². The number of hydrogen-bond donors (Lipinski definition) is 0. The van der Waals surface area contributed by atoms with Gasteiger partial charge in [0, 0.05) is 5.66 Å². The first-order chi connectivity index (χ1) is 16.9. The van der Waals surface area contributed by atoms with Gasteiger partial charge in [0.25, 0.3) is 0 Å². The van der Waals surface area contributed by atoms with Crippen molar-refractivity contribution in [2.24, 2.45) is 17.3 Å². The molecule has 2 saturated carbocycles. The molecule has 0 amide bonds. The first kappa shape index (κ1) is 20.8. The van der Waals surface area contributed by atoms with Gasteiger partial charge < -0.3 is 0 Å². The summed E-state index contributed by atoms with van der Waals surface area (Å²) in [6, 6.07) is 45.7. The predicted molar refractivity (Wildman–Crippen MR) is 149 cm³/mol. The van der Waals surface area contributed by atoms with Crippen molar-refractivity contribution in [3.8, 4) is 0 Å². The van der Waals surface area contributed by atoms with Crippen LogP contribution in [0.5, 0.6) is 0 Å². The van der Waals surface area contributed by atoms with Crippen LogP contribution in [-0.4, -0.2) is 11.3 Å². The molecule has 5 atom stereocenters. The number of hydrogen-bond acceptors (Lipinski definition) is 0. The summed E-state index contributed by atoms with van der Waals surface area (Å²) in [4.78, 5) is 0. The minimum absolute atomic E-state index is 0.444. The predicted octanol–water partition coefficient (Wildman–Crippen LogP) is 6.20. The van der Waals surface area contributed by atoms with E-state index in [9.17, 15) is 0 Å². The minimum atomic E-state index is -0.456. The zero-order valence-electron chi connectivity index (χ0n) is 19.1. The Labute approximate surface area is 205 Å². The third-order valence-electron chi connectivity index (χ3n) is 8.20. The molecule has 34 heavy (non-hydrogen) atoms. The molecule has 4 aromatic rings. The van der Waals surface area contributed by atoms with Crippen molar-refractivity contribution < 1.29 is 0 Å². The highest BCUT2D eigenvalue weighted by Gasteiger charge is 2.74. The fraction of sp³-hybridized carbons (Fsp3) is 0.188. The molecule has 3 aliphatic carbocycles. The molecule has 3 aliphatic rings. The minimum Gasteiger partial charge on any atom is -0.0833 e. The lowest BCUT2D eigenvalue weighted by Gasteiger charge is -2.42. The van der Waals surface area contributed by atoms with Crippen molar-refractivity contribution in [1.29, 1.82) is 0 Å². The van der Waals surface area contributed by atoms with Gasteiger partial charge in [-0.15, -0.1) is 0 Å². The lowest BCUT2D eigenvalue weighted by Crippen LogP contribution is -2.39. The van der Waals surface area contributed by atoms with Crippen LogP contribution in [0.25, 0.3) is 0 Å². The Morgan fingerprint density at radius 1 is 0.500 bits per heavy atom. The second kappa shape index (κ2) is 8.30. The van der Waals surface area contributed by atoms with Gasteiger partial charge in [0.2, 0.25) is 0 Å². The van der Waals surface area contributed by atoms with E-state index in [0.29, 0.717) is 22.7 Å². The van der Waals surface area contributed by atoms with Crippen LogP contribution in [0.3, 0.4) is 0 Å². The highest BCUT2D eigenvalue weighted by molar-refractivity contribution is 7.77. The monoisotopic (exact) mass is 474 g/mol. The summed E-state index contributed by atoms with van der Waals surface area (Å²) >= 11 is 0. The molecule has 0 bridgehead atoms. The summed E-state index contributed by atoms with van der Waals surface area (Å²) < 4.78 is 0. The first-order valence-corrected chi connectivity index (χ1v) is 15.2. The van der Waals surface area contributed by atoms with Crippen molar-refractivity contribution in [3.63, 3.8) is 0 Å². The van der Waals surface area contributed by atoms with Crippen LogP contribution in [0.4, 0.5) is 0 Å². The second-order valence-corrected chi connectivity index (χ2v) is 14.6. The topological polar surface area (TPSA) is 0 Å².